The Balaban J connectivity index is 1.23. The molecule has 3 fully saturated rings. The summed E-state index contributed by atoms with van der Waals surface area (Å²) >= 11 is 6.56. The van der Waals surface area contributed by atoms with E-state index in [9.17, 15) is 10.2 Å². The highest BCUT2D eigenvalue weighted by molar-refractivity contribution is 6.33. The molecule has 3 aromatic rings. The number of halogens is 1. The Bertz CT molecular complexity index is 1140. The number of fused-ring (bicyclic) bond motifs is 2. The van der Waals surface area contributed by atoms with Gasteiger partial charge in [0.15, 0.2) is 12.0 Å². The monoisotopic (exact) mass is 457 g/mol. The first kappa shape index (κ1) is 20.3. The maximum Gasteiger partial charge on any atom is 0.193 e. The Morgan fingerprint density at radius 2 is 1.91 bits per heavy atom. The lowest BCUT2D eigenvalue weighted by molar-refractivity contribution is 0.00794. The Kier molecular flexibility index (Phi) is 5.00. The van der Waals surface area contributed by atoms with Crippen molar-refractivity contribution >= 4 is 28.3 Å². The van der Waals surface area contributed by atoms with Crippen LogP contribution >= 0.6 is 11.6 Å². The van der Waals surface area contributed by atoms with Crippen LogP contribution in [0.15, 0.2) is 36.4 Å². The molecule has 3 N–H and O–H groups in total. The Labute approximate surface area is 189 Å². The number of aromatic amines is 1. The number of anilines is 1. The van der Waals surface area contributed by atoms with Crippen molar-refractivity contribution in [2.24, 2.45) is 0 Å². The number of aliphatic hydroxyl groups is 2. The third-order valence-corrected chi connectivity index (χ3v) is 6.75. The quantitative estimate of drug-likeness (QED) is 0.553. The van der Waals surface area contributed by atoms with Crippen LogP contribution in [0.3, 0.4) is 0 Å². The predicted octanol–water partition coefficient (Wildman–Crippen LogP) is 2.36. The fraction of sp³-hybridized carbons (Fsp3) is 0.435. The molecule has 0 amide bonds. The van der Waals surface area contributed by atoms with E-state index in [0.717, 1.165) is 35.2 Å². The van der Waals surface area contributed by atoms with Crippen LogP contribution < -0.4 is 9.64 Å². The number of H-pyrrole nitrogens is 1. The zero-order valence-electron chi connectivity index (χ0n) is 17.3. The first-order valence-electron chi connectivity index (χ1n) is 10.9. The third kappa shape index (κ3) is 3.52. The third-order valence-electron chi connectivity index (χ3n) is 6.46. The van der Waals surface area contributed by atoms with Crippen molar-refractivity contribution in [1.82, 2.24) is 9.97 Å². The van der Waals surface area contributed by atoms with Gasteiger partial charge in [-0.3, -0.25) is 0 Å². The normalized spacial score (nSPS) is 29.7. The van der Waals surface area contributed by atoms with Gasteiger partial charge in [-0.2, -0.15) is 0 Å². The molecule has 3 saturated heterocycles. The summed E-state index contributed by atoms with van der Waals surface area (Å²) in [5, 5.41) is 20.2. The van der Waals surface area contributed by atoms with Gasteiger partial charge in [0, 0.05) is 30.4 Å². The number of aliphatic hydroxyl groups excluding tert-OH is 2. The standard InChI is InChI=1S/C23H24ClN3O5/c24-15-7-16-17(8-20(25-16)32-19-11-31-22-18(29)10-30-23(19)22)26-21(15)12-1-3-13(4-2-12)27-6-5-14(28)9-27/h1-4,7-8,14,18-19,22-23,25,28-29H,5-6,9-11H2/t14-,18-,19-,22?,23-/m1/s1. The molecule has 8 nitrogen and oxygen atoms in total. The lowest BCUT2D eigenvalue weighted by Crippen LogP contribution is -2.34. The van der Waals surface area contributed by atoms with Crippen molar-refractivity contribution in [1.29, 1.82) is 0 Å². The molecule has 3 aliphatic heterocycles. The molecule has 5 heterocycles. The maximum absolute atomic E-state index is 9.91. The first-order chi connectivity index (χ1) is 15.5. The van der Waals surface area contributed by atoms with Crippen LogP contribution in [-0.4, -0.2) is 77.0 Å². The average Bonchev–Trinajstić information content (AvgIpc) is 3.55. The van der Waals surface area contributed by atoms with E-state index in [0.29, 0.717) is 29.7 Å². The van der Waals surface area contributed by atoms with Gasteiger partial charge in [-0.25, -0.2) is 4.98 Å². The van der Waals surface area contributed by atoms with E-state index in [1.807, 2.05) is 36.4 Å². The number of hydrogen-bond acceptors (Lipinski definition) is 7. The van der Waals surface area contributed by atoms with Crippen LogP contribution in [0, 0.1) is 0 Å². The minimum atomic E-state index is -0.610. The Morgan fingerprint density at radius 3 is 2.69 bits per heavy atom. The van der Waals surface area contributed by atoms with Crippen LogP contribution in [0.5, 0.6) is 5.88 Å². The topological polar surface area (TPSA) is 100 Å². The lowest BCUT2D eigenvalue weighted by atomic mass is 10.1. The van der Waals surface area contributed by atoms with Crippen LogP contribution in [0.25, 0.3) is 22.3 Å². The SMILES string of the molecule is O[C@@H]1CCN(c2ccc(-c3nc4cc(O[C@@H]5COC6[C@H](O)CO[C@@H]65)[nH]c4cc3Cl)cc2)C1. The van der Waals surface area contributed by atoms with Gasteiger partial charge in [-0.15, -0.1) is 0 Å². The number of aromatic nitrogens is 2. The Hall–Kier alpha value is -2.36. The number of pyridine rings is 1. The van der Waals surface area contributed by atoms with Crippen LogP contribution in [0.4, 0.5) is 5.69 Å². The van der Waals surface area contributed by atoms with Crippen LogP contribution in [0.2, 0.25) is 5.02 Å². The molecule has 3 aliphatic rings. The minimum Gasteiger partial charge on any atom is -0.470 e. The van der Waals surface area contributed by atoms with E-state index < -0.39 is 6.10 Å². The Morgan fingerprint density at radius 1 is 1.09 bits per heavy atom. The van der Waals surface area contributed by atoms with Gasteiger partial charge >= 0.3 is 0 Å². The van der Waals surface area contributed by atoms with Crippen LogP contribution in [-0.2, 0) is 9.47 Å². The summed E-state index contributed by atoms with van der Waals surface area (Å²) in [6, 6.07) is 11.8. The molecule has 5 atom stereocenters. The molecule has 0 spiro atoms. The fourth-order valence-corrected chi connectivity index (χ4v) is 5.05. The molecule has 2 aromatic heterocycles. The smallest absolute Gasteiger partial charge is 0.193 e. The molecular formula is C23H24ClN3O5. The number of ether oxygens (including phenoxy) is 3. The minimum absolute atomic E-state index is 0.259. The zero-order chi connectivity index (χ0) is 21.8. The molecule has 9 heteroatoms. The highest BCUT2D eigenvalue weighted by atomic mass is 35.5. The van der Waals surface area contributed by atoms with Crippen molar-refractivity contribution in [3.05, 3.63) is 41.4 Å². The van der Waals surface area contributed by atoms with Gasteiger partial charge in [-0.05, 0) is 24.6 Å². The van der Waals surface area contributed by atoms with Crippen molar-refractivity contribution in [3.63, 3.8) is 0 Å². The van der Waals surface area contributed by atoms with Crippen molar-refractivity contribution < 1.29 is 24.4 Å². The molecule has 0 bridgehead atoms. The summed E-state index contributed by atoms with van der Waals surface area (Å²) < 4.78 is 17.3. The molecule has 32 heavy (non-hydrogen) atoms. The number of rotatable bonds is 4. The summed E-state index contributed by atoms with van der Waals surface area (Å²) in [7, 11) is 0. The first-order valence-corrected chi connectivity index (χ1v) is 11.2. The molecule has 0 radical (unpaired) electrons. The van der Waals surface area contributed by atoms with Crippen LogP contribution in [0.1, 0.15) is 6.42 Å². The summed E-state index contributed by atoms with van der Waals surface area (Å²) in [5.41, 5.74) is 4.22. The predicted molar refractivity (Wildman–Crippen MR) is 119 cm³/mol. The van der Waals surface area contributed by atoms with Crippen molar-refractivity contribution in [3.8, 4) is 17.1 Å². The van der Waals surface area contributed by atoms with Gasteiger partial charge in [0.25, 0.3) is 0 Å². The highest BCUT2D eigenvalue weighted by Crippen LogP contribution is 2.34. The van der Waals surface area contributed by atoms with Crippen molar-refractivity contribution in [2.75, 3.05) is 31.2 Å². The summed E-state index contributed by atoms with van der Waals surface area (Å²) in [6.45, 7) is 2.14. The highest BCUT2D eigenvalue weighted by Gasteiger charge is 2.48. The van der Waals surface area contributed by atoms with Crippen molar-refractivity contribution in [2.45, 2.75) is 36.9 Å². The number of β-amino-alcohol motifs (C(OH)–C–C–N with tert-alkyl or cyclic N) is 1. The number of benzene rings is 1. The fourth-order valence-electron chi connectivity index (χ4n) is 4.79. The second-order valence-electron chi connectivity index (χ2n) is 8.64. The van der Waals surface area contributed by atoms with Gasteiger partial charge in [-0.1, -0.05) is 23.7 Å². The zero-order valence-corrected chi connectivity index (χ0v) is 18.0. The molecule has 0 aliphatic carbocycles. The average molecular weight is 458 g/mol. The van der Waals surface area contributed by atoms with Gasteiger partial charge < -0.3 is 34.3 Å². The van der Waals surface area contributed by atoms with E-state index in [1.54, 1.807) is 0 Å². The molecule has 1 unspecified atom stereocenters. The summed E-state index contributed by atoms with van der Waals surface area (Å²) in [6.07, 6.45) is -0.984. The second-order valence-corrected chi connectivity index (χ2v) is 9.05. The molecular weight excluding hydrogens is 434 g/mol. The molecule has 0 saturated carbocycles. The van der Waals surface area contributed by atoms with E-state index in [2.05, 4.69) is 9.88 Å². The molecule has 1 aromatic carbocycles. The van der Waals surface area contributed by atoms with E-state index >= 15 is 0 Å². The van der Waals surface area contributed by atoms with E-state index in [4.69, 9.17) is 30.8 Å². The van der Waals surface area contributed by atoms with Gasteiger partial charge in [0.2, 0.25) is 0 Å². The lowest BCUT2D eigenvalue weighted by Gasteiger charge is -2.18. The van der Waals surface area contributed by atoms with E-state index in [-0.39, 0.29) is 31.0 Å². The second kappa shape index (κ2) is 7.90. The van der Waals surface area contributed by atoms with Gasteiger partial charge in [0.1, 0.15) is 18.3 Å². The number of nitrogens with zero attached hydrogens (tertiary/aromatic N) is 2. The molecule has 168 valence electrons. The summed E-state index contributed by atoms with van der Waals surface area (Å²) in [4.78, 5) is 10.1. The van der Waals surface area contributed by atoms with E-state index in [1.165, 1.54) is 0 Å². The number of nitrogens with one attached hydrogen (secondary N) is 1. The van der Waals surface area contributed by atoms with Gasteiger partial charge in [0.05, 0.1) is 41.1 Å². The maximum atomic E-state index is 9.91. The number of hydrogen-bond donors (Lipinski definition) is 3. The largest absolute Gasteiger partial charge is 0.470 e. The summed E-state index contributed by atoms with van der Waals surface area (Å²) in [5.74, 6) is 0.558. The molecule has 6 rings (SSSR count).